The van der Waals surface area contributed by atoms with Crippen molar-refractivity contribution in [1.82, 2.24) is 5.43 Å². The number of nitrogens with one attached hydrogen (secondary N) is 1. The van der Waals surface area contributed by atoms with Gasteiger partial charge in [0.15, 0.2) is 0 Å². The number of rotatable bonds is 6. The van der Waals surface area contributed by atoms with Gasteiger partial charge in [0.1, 0.15) is 17.9 Å². The molecule has 6 heteroatoms. The van der Waals surface area contributed by atoms with Crippen LogP contribution in [-0.4, -0.2) is 24.3 Å². The normalized spacial score (nSPS) is 12.3. The number of benzene rings is 1. The second kappa shape index (κ2) is 8.08. The van der Waals surface area contributed by atoms with E-state index in [1.165, 1.54) is 20.2 Å². The van der Waals surface area contributed by atoms with Gasteiger partial charge in [-0.2, -0.15) is 0 Å². The molecule has 0 aliphatic carbocycles. The first-order chi connectivity index (χ1) is 9.58. The Kier molecular flexibility index (Phi) is 6.42. The summed E-state index contributed by atoms with van der Waals surface area (Å²) in [5.41, 5.74) is 4.50. The third kappa shape index (κ3) is 4.83. The maximum Gasteiger partial charge on any atom is 0.343 e. The molecular weight excluding hydrogens is 258 g/mol. The van der Waals surface area contributed by atoms with Crippen LogP contribution in [0.15, 0.2) is 40.6 Å². The Hall–Kier alpha value is -2.18. The SMILES string of the molecule is CN=CC(C(=O)OCc1ccc(CNN)cc1)=C(C)O. The van der Waals surface area contributed by atoms with Gasteiger partial charge in [-0.1, -0.05) is 24.3 Å². The molecule has 0 bridgehead atoms. The number of nitrogens with two attached hydrogens (primary N) is 1. The first-order valence-corrected chi connectivity index (χ1v) is 6.09. The number of hydrazine groups is 1. The molecule has 6 nitrogen and oxygen atoms in total. The summed E-state index contributed by atoms with van der Waals surface area (Å²) >= 11 is 0. The zero-order valence-corrected chi connectivity index (χ0v) is 11.6. The van der Waals surface area contributed by atoms with Gasteiger partial charge in [0.25, 0.3) is 0 Å². The van der Waals surface area contributed by atoms with Gasteiger partial charge in [-0.3, -0.25) is 16.3 Å². The van der Waals surface area contributed by atoms with Gasteiger partial charge in [0, 0.05) is 19.8 Å². The van der Waals surface area contributed by atoms with Crippen molar-refractivity contribution < 1.29 is 14.6 Å². The largest absolute Gasteiger partial charge is 0.512 e. The molecule has 0 heterocycles. The lowest BCUT2D eigenvalue weighted by Gasteiger charge is -2.07. The van der Waals surface area contributed by atoms with Crippen LogP contribution >= 0.6 is 0 Å². The van der Waals surface area contributed by atoms with Crippen molar-refractivity contribution in [3.05, 3.63) is 46.7 Å². The van der Waals surface area contributed by atoms with E-state index in [1.54, 1.807) is 0 Å². The first-order valence-electron chi connectivity index (χ1n) is 6.09. The van der Waals surface area contributed by atoms with Gasteiger partial charge in [0.2, 0.25) is 0 Å². The number of esters is 1. The molecule has 0 aromatic heterocycles. The Labute approximate surface area is 117 Å². The third-order valence-corrected chi connectivity index (χ3v) is 2.57. The number of nitrogens with zero attached hydrogens (tertiary/aromatic N) is 1. The van der Waals surface area contributed by atoms with Gasteiger partial charge >= 0.3 is 5.97 Å². The van der Waals surface area contributed by atoms with E-state index in [1.807, 2.05) is 24.3 Å². The number of hydrogen-bond acceptors (Lipinski definition) is 6. The van der Waals surface area contributed by atoms with Crippen LogP contribution in [0.1, 0.15) is 18.1 Å². The standard InChI is InChI=1S/C14H19N3O3/c1-10(18)13(8-16-2)14(19)20-9-12-5-3-11(4-6-12)7-17-15/h3-6,8,17-18H,7,9,15H2,1-2H3. The van der Waals surface area contributed by atoms with Crippen LogP contribution in [0.2, 0.25) is 0 Å². The number of hydrogen-bond donors (Lipinski definition) is 3. The van der Waals surface area contributed by atoms with E-state index < -0.39 is 5.97 Å². The number of carbonyl (C=O) groups is 1. The van der Waals surface area contributed by atoms with Crippen molar-refractivity contribution in [2.45, 2.75) is 20.1 Å². The molecule has 1 aromatic carbocycles. The molecule has 0 aliphatic rings. The highest BCUT2D eigenvalue weighted by Crippen LogP contribution is 2.08. The summed E-state index contributed by atoms with van der Waals surface area (Å²) in [5, 5.41) is 9.38. The summed E-state index contributed by atoms with van der Waals surface area (Å²) in [4.78, 5) is 15.5. The monoisotopic (exact) mass is 277 g/mol. The van der Waals surface area contributed by atoms with E-state index in [0.29, 0.717) is 6.54 Å². The van der Waals surface area contributed by atoms with Gasteiger partial charge in [-0.15, -0.1) is 0 Å². The first kappa shape index (κ1) is 15.9. The van der Waals surface area contributed by atoms with Crippen molar-refractivity contribution in [3.63, 3.8) is 0 Å². The number of aliphatic hydroxyl groups is 1. The van der Waals surface area contributed by atoms with Crippen molar-refractivity contribution in [1.29, 1.82) is 0 Å². The lowest BCUT2D eigenvalue weighted by Crippen LogP contribution is -2.20. The van der Waals surface area contributed by atoms with Gasteiger partial charge in [-0.05, 0) is 18.1 Å². The van der Waals surface area contributed by atoms with E-state index in [-0.39, 0.29) is 17.9 Å². The second-order valence-electron chi connectivity index (χ2n) is 4.16. The smallest absolute Gasteiger partial charge is 0.343 e. The molecule has 0 unspecified atom stereocenters. The van der Waals surface area contributed by atoms with Gasteiger partial charge < -0.3 is 9.84 Å². The van der Waals surface area contributed by atoms with Crippen molar-refractivity contribution in [3.8, 4) is 0 Å². The summed E-state index contributed by atoms with van der Waals surface area (Å²) in [6.07, 6.45) is 1.27. The quantitative estimate of drug-likeness (QED) is 0.181. The topological polar surface area (TPSA) is 96.9 Å². The zero-order valence-electron chi connectivity index (χ0n) is 11.6. The molecule has 1 aromatic rings. The Morgan fingerprint density at radius 2 is 2.00 bits per heavy atom. The lowest BCUT2D eigenvalue weighted by atomic mass is 10.1. The van der Waals surface area contributed by atoms with Crippen LogP contribution in [0.5, 0.6) is 0 Å². The third-order valence-electron chi connectivity index (χ3n) is 2.57. The maximum atomic E-state index is 11.8. The van der Waals surface area contributed by atoms with Crippen molar-refractivity contribution >= 4 is 12.2 Å². The van der Waals surface area contributed by atoms with E-state index >= 15 is 0 Å². The average Bonchev–Trinajstić information content (AvgIpc) is 2.43. The summed E-state index contributed by atoms with van der Waals surface area (Å²) in [6, 6.07) is 7.49. The molecular formula is C14H19N3O3. The highest BCUT2D eigenvalue weighted by atomic mass is 16.5. The van der Waals surface area contributed by atoms with Crippen molar-refractivity contribution in [2.75, 3.05) is 7.05 Å². The van der Waals surface area contributed by atoms with E-state index in [0.717, 1.165) is 11.1 Å². The highest BCUT2D eigenvalue weighted by molar-refractivity contribution is 6.09. The number of carbonyl (C=O) groups excluding carboxylic acids is 1. The predicted octanol–water partition coefficient (Wildman–Crippen LogP) is 1.23. The van der Waals surface area contributed by atoms with Crippen LogP contribution in [0.25, 0.3) is 0 Å². The molecule has 108 valence electrons. The molecule has 0 fully saturated rings. The zero-order chi connectivity index (χ0) is 15.0. The minimum atomic E-state index is -0.608. The molecule has 0 radical (unpaired) electrons. The molecule has 0 amide bonds. The fourth-order valence-electron chi connectivity index (χ4n) is 1.52. The van der Waals surface area contributed by atoms with E-state index in [2.05, 4.69) is 10.4 Å². The Morgan fingerprint density at radius 1 is 1.40 bits per heavy atom. The van der Waals surface area contributed by atoms with Crippen molar-refractivity contribution in [2.24, 2.45) is 10.8 Å². The summed E-state index contributed by atoms with van der Waals surface area (Å²) in [7, 11) is 1.51. The maximum absolute atomic E-state index is 11.8. The summed E-state index contributed by atoms with van der Waals surface area (Å²) in [6.45, 7) is 2.11. The molecule has 4 N–H and O–H groups in total. The fourth-order valence-corrected chi connectivity index (χ4v) is 1.52. The molecule has 0 spiro atoms. The van der Waals surface area contributed by atoms with Crippen LogP contribution < -0.4 is 11.3 Å². The minimum absolute atomic E-state index is 0.0523. The molecule has 20 heavy (non-hydrogen) atoms. The summed E-state index contributed by atoms with van der Waals surface area (Å²) < 4.78 is 5.12. The Morgan fingerprint density at radius 3 is 2.50 bits per heavy atom. The number of aliphatic hydroxyl groups excluding tert-OH is 1. The summed E-state index contributed by atoms with van der Waals surface area (Å²) in [5.74, 6) is 4.50. The van der Waals surface area contributed by atoms with Crippen LogP contribution in [0.4, 0.5) is 0 Å². The van der Waals surface area contributed by atoms with Gasteiger partial charge in [-0.25, -0.2) is 4.79 Å². The number of allylic oxidation sites excluding steroid dienone is 1. The number of aliphatic imine (C=N–C) groups is 1. The number of ether oxygens (including phenoxy) is 1. The molecule has 1 rings (SSSR count). The highest BCUT2D eigenvalue weighted by Gasteiger charge is 2.12. The van der Waals surface area contributed by atoms with Crippen LogP contribution in [-0.2, 0) is 22.7 Å². The predicted molar refractivity (Wildman–Crippen MR) is 77.0 cm³/mol. The molecule has 0 aliphatic heterocycles. The molecule has 0 saturated heterocycles. The van der Waals surface area contributed by atoms with Crippen LogP contribution in [0.3, 0.4) is 0 Å². The fraction of sp³-hybridized carbons (Fsp3) is 0.286. The van der Waals surface area contributed by atoms with Gasteiger partial charge in [0.05, 0.1) is 0 Å². The van der Waals surface area contributed by atoms with E-state index in [9.17, 15) is 9.90 Å². The Bertz CT molecular complexity index is 503. The van der Waals surface area contributed by atoms with E-state index in [4.69, 9.17) is 10.6 Å². The lowest BCUT2D eigenvalue weighted by molar-refractivity contribution is -0.139. The van der Waals surface area contributed by atoms with Crippen LogP contribution in [0, 0.1) is 0 Å². The Balaban J connectivity index is 2.62. The minimum Gasteiger partial charge on any atom is -0.512 e. The second-order valence-corrected chi connectivity index (χ2v) is 4.16. The average molecular weight is 277 g/mol. The molecule has 0 atom stereocenters. The molecule has 0 saturated carbocycles.